The first-order valence-electron chi connectivity index (χ1n) is 5.59. The van der Waals surface area contributed by atoms with Crippen LogP contribution in [0.25, 0.3) is 10.8 Å². The maximum atomic E-state index is 12.0. The third kappa shape index (κ3) is 3.54. The van der Waals surface area contributed by atoms with Gasteiger partial charge in [-0.25, -0.2) is 9.18 Å². The summed E-state index contributed by atoms with van der Waals surface area (Å²) in [6, 6.07) is 13.1. The molecule has 0 atom stereocenters. The summed E-state index contributed by atoms with van der Waals surface area (Å²) < 4.78 is 17.4. The van der Waals surface area contributed by atoms with Crippen LogP contribution in [-0.4, -0.2) is 12.5 Å². The van der Waals surface area contributed by atoms with Crippen LogP contribution < -0.4 is 10.1 Å². The topological polar surface area (TPSA) is 38.3 Å². The van der Waals surface area contributed by atoms with Crippen molar-refractivity contribution in [2.75, 3.05) is 6.54 Å². The van der Waals surface area contributed by atoms with Crippen molar-refractivity contribution >= 4 is 32.7 Å². The smallest absolute Gasteiger partial charge is 0.330 e. The highest BCUT2D eigenvalue weighted by molar-refractivity contribution is 9.11. The minimum absolute atomic E-state index is 0.0994. The Balaban J connectivity index is 2.11. The van der Waals surface area contributed by atoms with E-state index in [0.29, 0.717) is 12.1 Å². The summed E-state index contributed by atoms with van der Waals surface area (Å²) in [6.45, 7) is -0.121. The van der Waals surface area contributed by atoms with Gasteiger partial charge in [0, 0.05) is 5.39 Å². The van der Waals surface area contributed by atoms with E-state index >= 15 is 0 Å². The summed E-state index contributed by atoms with van der Waals surface area (Å²) in [7, 11) is 0. The minimum Gasteiger partial charge on any atom is -0.425 e. The number of ether oxygens (including phenoxy) is 1. The molecule has 0 radical (unpaired) electrons. The molecule has 0 aliphatic carbocycles. The van der Waals surface area contributed by atoms with Crippen molar-refractivity contribution in [1.82, 2.24) is 5.32 Å². The largest absolute Gasteiger partial charge is 0.425 e. The highest BCUT2D eigenvalue weighted by Crippen LogP contribution is 2.25. The molecule has 98 valence electrons. The molecular formula is C14H11BrFNO2. The molecule has 0 saturated heterocycles. The van der Waals surface area contributed by atoms with Gasteiger partial charge in [-0.05, 0) is 27.4 Å². The van der Waals surface area contributed by atoms with Gasteiger partial charge in [0.1, 0.15) is 23.2 Å². The lowest BCUT2D eigenvalue weighted by atomic mass is 10.1. The van der Waals surface area contributed by atoms with Crippen LogP contribution in [0, 0.1) is 0 Å². The van der Waals surface area contributed by atoms with E-state index in [1.807, 2.05) is 36.4 Å². The highest BCUT2D eigenvalue weighted by atomic mass is 79.9. The lowest BCUT2D eigenvalue weighted by Gasteiger charge is -2.08. The van der Waals surface area contributed by atoms with E-state index in [0.717, 1.165) is 10.8 Å². The molecule has 2 aromatic carbocycles. The Morgan fingerprint density at radius 2 is 2.00 bits per heavy atom. The third-order valence-electron chi connectivity index (χ3n) is 2.47. The molecule has 0 aliphatic heterocycles. The fourth-order valence-corrected chi connectivity index (χ4v) is 1.78. The van der Waals surface area contributed by atoms with Crippen LogP contribution in [0.1, 0.15) is 0 Å². The van der Waals surface area contributed by atoms with Gasteiger partial charge in [-0.3, -0.25) is 0 Å². The molecule has 0 saturated carbocycles. The Hall–Kier alpha value is -1.88. The summed E-state index contributed by atoms with van der Waals surface area (Å²) in [6.07, 6.45) is 0.325. The Morgan fingerprint density at radius 3 is 2.79 bits per heavy atom. The number of hydrogen-bond donors (Lipinski definition) is 1. The molecule has 2 rings (SSSR count). The van der Waals surface area contributed by atoms with Crippen LogP contribution in [0.5, 0.6) is 5.75 Å². The monoisotopic (exact) mass is 323 g/mol. The predicted octanol–water partition coefficient (Wildman–Crippen LogP) is 3.50. The Bertz CT molecular complexity index is 622. The first-order valence-corrected chi connectivity index (χ1v) is 6.38. The average molecular weight is 324 g/mol. The zero-order valence-corrected chi connectivity index (χ0v) is 11.5. The van der Waals surface area contributed by atoms with Gasteiger partial charge in [0.05, 0.1) is 0 Å². The van der Waals surface area contributed by atoms with Gasteiger partial charge in [0.15, 0.2) is 0 Å². The molecule has 0 fully saturated rings. The maximum absolute atomic E-state index is 12.0. The van der Waals surface area contributed by atoms with Crippen molar-refractivity contribution in [3.63, 3.8) is 0 Å². The van der Waals surface area contributed by atoms with Crippen LogP contribution in [0.2, 0.25) is 0 Å². The van der Waals surface area contributed by atoms with Gasteiger partial charge in [0.25, 0.3) is 0 Å². The maximum Gasteiger partial charge on any atom is 0.330 e. The Kier molecular flexibility index (Phi) is 4.52. The molecule has 5 heteroatoms. The van der Waals surface area contributed by atoms with Crippen molar-refractivity contribution in [3.05, 3.63) is 53.4 Å². The highest BCUT2D eigenvalue weighted by Gasteiger charge is 2.07. The van der Waals surface area contributed by atoms with E-state index in [1.165, 1.54) is 0 Å². The minimum atomic E-state index is -0.491. The standard InChI is InChI=1S/C14H11BrFNO2/c15-13(8-16)17-9-14(18)19-12-7-3-5-10-4-1-2-6-11(10)12/h1-8,17H,9H2/b13-8+. The number of halogens is 2. The van der Waals surface area contributed by atoms with Gasteiger partial charge in [-0.2, -0.15) is 0 Å². The zero-order chi connectivity index (χ0) is 13.7. The van der Waals surface area contributed by atoms with Crippen molar-refractivity contribution in [2.45, 2.75) is 0 Å². The van der Waals surface area contributed by atoms with Gasteiger partial charge in [-0.15, -0.1) is 0 Å². The first kappa shape index (κ1) is 13.5. The van der Waals surface area contributed by atoms with Crippen molar-refractivity contribution in [1.29, 1.82) is 0 Å². The Morgan fingerprint density at radius 1 is 1.26 bits per heavy atom. The number of carbonyl (C=O) groups excluding carboxylic acids is 1. The molecule has 3 nitrogen and oxygen atoms in total. The molecule has 19 heavy (non-hydrogen) atoms. The first-order chi connectivity index (χ1) is 9.20. The molecule has 1 N–H and O–H groups in total. The molecule has 0 heterocycles. The molecule has 2 aromatic rings. The van der Waals surface area contributed by atoms with E-state index in [-0.39, 0.29) is 11.2 Å². The Labute approximate surface area is 118 Å². The summed E-state index contributed by atoms with van der Waals surface area (Å²) in [4.78, 5) is 11.6. The van der Waals surface area contributed by atoms with Crippen LogP contribution in [-0.2, 0) is 4.79 Å². The molecule has 0 unspecified atom stereocenters. The van der Waals surface area contributed by atoms with Gasteiger partial charge < -0.3 is 10.1 Å². The number of esters is 1. The average Bonchev–Trinajstić information content (AvgIpc) is 2.45. The lowest BCUT2D eigenvalue weighted by molar-refractivity contribution is -0.133. The van der Waals surface area contributed by atoms with Gasteiger partial charge in [-0.1, -0.05) is 36.4 Å². The van der Waals surface area contributed by atoms with E-state index in [2.05, 4.69) is 21.2 Å². The quantitative estimate of drug-likeness (QED) is 0.531. The van der Waals surface area contributed by atoms with Crippen LogP contribution in [0.3, 0.4) is 0 Å². The van der Waals surface area contributed by atoms with E-state index < -0.39 is 5.97 Å². The number of rotatable bonds is 4. The van der Waals surface area contributed by atoms with Crippen molar-refractivity contribution < 1.29 is 13.9 Å². The molecule has 0 spiro atoms. The summed E-state index contributed by atoms with van der Waals surface area (Å²) in [5, 5.41) is 4.38. The normalized spacial score (nSPS) is 11.4. The molecule has 0 amide bonds. The van der Waals surface area contributed by atoms with Crippen LogP contribution >= 0.6 is 15.9 Å². The number of nitrogens with one attached hydrogen (secondary N) is 1. The second-order valence-electron chi connectivity index (χ2n) is 3.76. The number of carbonyl (C=O) groups is 1. The molecule has 0 aromatic heterocycles. The van der Waals surface area contributed by atoms with Gasteiger partial charge >= 0.3 is 5.97 Å². The molecular weight excluding hydrogens is 313 g/mol. The predicted molar refractivity (Wildman–Crippen MR) is 75.7 cm³/mol. The summed E-state index contributed by atoms with van der Waals surface area (Å²) in [5.74, 6) is 0.000374. The molecule has 0 aliphatic rings. The fraction of sp³-hybridized carbons (Fsp3) is 0.0714. The van der Waals surface area contributed by atoms with Crippen LogP contribution in [0.15, 0.2) is 53.4 Å². The number of fused-ring (bicyclic) bond motifs is 1. The molecule has 0 bridgehead atoms. The van der Waals surface area contributed by atoms with Crippen molar-refractivity contribution in [2.24, 2.45) is 0 Å². The van der Waals surface area contributed by atoms with Gasteiger partial charge in [0.2, 0.25) is 0 Å². The summed E-state index contributed by atoms with van der Waals surface area (Å²) >= 11 is 2.90. The summed E-state index contributed by atoms with van der Waals surface area (Å²) in [5.41, 5.74) is 0. The van der Waals surface area contributed by atoms with Crippen LogP contribution in [0.4, 0.5) is 4.39 Å². The fourth-order valence-electron chi connectivity index (χ4n) is 1.64. The number of benzene rings is 2. The number of hydrogen-bond acceptors (Lipinski definition) is 3. The zero-order valence-electron chi connectivity index (χ0n) is 9.90. The SMILES string of the molecule is O=C(CN/C(Br)=C/F)Oc1cccc2ccccc12. The lowest BCUT2D eigenvalue weighted by Crippen LogP contribution is -2.24. The van der Waals surface area contributed by atoms with E-state index in [4.69, 9.17) is 4.74 Å². The second kappa shape index (κ2) is 6.33. The van der Waals surface area contributed by atoms with E-state index in [9.17, 15) is 9.18 Å². The van der Waals surface area contributed by atoms with E-state index in [1.54, 1.807) is 6.07 Å². The van der Waals surface area contributed by atoms with Crippen molar-refractivity contribution in [3.8, 4) is 5.75 Å². The second-order valence-corrected chi connectivity index (χ2v) is 4.62. The third-order valence-corrected chi connectivity index (χ3v) is 2.92.